The van der Waals surface area contributed by atoms with Gasteiger partial charge in [-0.3, -0.25) is 4.90 Å². The molecule has 2 aromatic rings. The number of halogens is 6. The lowest BCUT2D eigenvalue weighted by atomic mass is 9.88. The molecule has 0 aromatic heterocycles. The molecule has 1 heterocycles. The Balaban J connectivity index is 1.95. The van der Waals surface area contributed by atoms with Gasteiger partial charge in [-0.25, -0.2) is 0 Å². The molecule has 0 bridgehead atoms. The van der Waals surface area contributed by atoms with Crippen molar-refractivity contribution in [2.24, 2.45) is 11.8 Å². The van der Waals surface area contributed by atoms with Crippen LogP contribution >= 0.6 is 0 Å². The molecule has 1 aliphatic heterocycles. The second kappa shape index (κ2) is 9.95. The number of ether oxygens (including phenoxy) is 1. The lowest BCUT2D eigenvalue weighted by molar-refractivity contribution is -0.143. The van der Waals surface area contributed by atoms with Gasteiger partial charge in [-0.05, 0) is 60.9 Å². The second-order valence-corrected chi connectivity index (χ2v) is 9.11. The lowest BCUT2D eigenvalue weighted by Gasteiger charge is -2.41. The summed E-state index contributed by atoms with van der Waals surface area (Å²) in [4.78, 5) is 2.29. The van der Waals surface area contributed by atoms with Crippen molar-refractivity contribution >= 4 is 0 Å². The molecule has 0 saturated carbocycles. The molecule has 0 amide bonds. The molecule has 3 unspecified atom stereocenters. The molecule has 1 fully saturated rings. The van der Waals surface area contributed by atoms with Crippen molar-refractivity contribution in [2.45, 2.75) is 51.5 Å². The highest BCUT2D eigenvalue weighted by atomic mass is 19.4. The summed E-state index contributed by atoms with van der Waals surface area (Å²) >= 11 is 0. The van der Waals surface area contributed by atoms with Crippen LogP contribution in [0.2, 0.25) is 0 Å². The molecule has 0 N–H and O–H groups in total. The Morgan fingerprint density at radius 3 is 1.97 bits per heavy atom. The predicted octanol–water partition coefficient (Wildman–Crippen LogP) is 7.38. The topological polar surface area (TPSA) is 12.5 Å². The van der Waals surface area contributed by atoms with E-state index >= 15 is 0 Å². The molecule has 1 aliphatic rings. The number of hydrogen-bond acceptors (Lipinski definition) is 2. The third-order valence-electron chi connectivity index (χ3n) is 6.19. The van der Waals surface area contributed by atoms with E-state index in [2.05, 4.69) is 18.7 Å². The minimum atomic E-state index is -4.85. The van der Waals surface area contributed by atoms with Crippen LogP contribution in [0.1, 0.15) is 55.0 Å². The average Bonchev–Trinajstić information content (AvgIpc) is 2.72. The van der Waals surface area contributed by atoms with E-state index in [9.17, 15) is 26.3 Å². The molecule has 0 radical (unpaired) electrons. The first-order valence-electron chi connectivity index (χ1n) is 11.0. The lowest BCUT2D eigenvalue weighted by Crippen LogP contribution is -2.41. The van der Waals surface area contributed by atoms with E-state index in [0.717, 1.165) is 37.2 Å². The number of nitrogens with zero attached hydrogens (tertiary/aromatic N) is 1. The van der Waals surface area contributed by atoms with E-state index in [4.69, 9.17) is 4.74 Å². The first-order valence-corrected chi connectivity index (χ1v) is 11.0. The maximum atomic E-state index is 13.3. The van der Waals surface area contributed by atoms with E-state index in [1.807, 2.05) is 24.3 Å². The summed E-state index contributed by atoms with van der Waals surface area (Å²) in [6.07, 6.45) is -8.17. The fourth-order valence-corrected chi connectivity index (χ4v) is 4.91. The number of aryl methyl sites for hydroxylation is 1. The molecule has 182 valence electrons. The fraction of sp³-hybridized carbons (Fsp3) is 0.520. The molecule has 3 atom stereocenters. The Labute approximate surface area is 190 Å². The third-order valence-corrected chi connectivity index (χ3v) is 6.19. The molecule has 0 spiro atoms. The highest BCUT2D eigenvalue weighted by molar-refractivity contribution is 5.37. The zero-order valence-electron chi connectivity index (χ0n) is 18.9. The van der Waals surface area contributed by atoms with Crippen LogP contribution < -0.4 is 4.74 Å². The zero-order chi connectivity index (χ0) is 24.4. The summed E-state index contributed by atoms with van der Waals surface area (Å²) in [5, 5.41) is 0. The fourth-order valence-electron chi connectivity index (χ4n) is 4.91. The summed E-state index contributed by atoms with van der Waals surface area (Å²) in [6, 6.07) is 9.10. The molecular formula is C25H29F6NO. The van der Waals surface area contributed by atoms with Crippen LogP contribution in [0.4, 0.5) is 26.3 Å². The Kier molecular flexibility index (Phi) is 7.66. The van der Waals surface area contributed by atoms with Gasteiger partial charge in [-0.1, -0.05) is 32.0 Å². The summed E-state index contributed by atoms with van der Waals surface area (Å²) in [7, 11) is 1.56. The number of hydrogen-bond donors (Lipinski definition) is 0. The maximum Gasteiger partial charge on any atom is 0.416 e. The number of piperidine rings is 1. The van der Waals surface area contributed by atoms with Crippen LogP contribution in [0.25, 0.3) is 0 Å². The smallest absolute Gasteiger partial charge is 0.416 e. The monoisotopic (exact) mass is 473 g/mol. The largest absolute Gasteiger partial charge is 0.496 e. The SMILES string of the molecule is COc1ccccc1C(CCc1cc(C(F)(F)F)cc(C(F)(F)F)c1)N1CC(C)CC(C)C1. The minimum Gasteiger partial charge on any atom is -0.496 e. The number of likely N-dealkylation sites (tertiary alicyclic amines) is 1. The Bertz CT molecular complexity index is 897. The van der Waals surface area contributed by atoms with Gasteiger partial charge in [0.1, 0.15) is 5.75 Å². The van der Waals surface area contributed by atoms with Crippen LogP contribution in [-0.4, -0.2) is 25.1 Å². The summed E-state index contributed by atoms with van der Waals surface area (Å²) in [6.45, 7) is 5.93. The van der Waals surface area contributed by atoms with Crippen LogP contribution in [0.3, 0.4) is 0 Å². The molecule has 3 rings (SSSR count). The number of alkyl halides is 6. The number of benzene rings is 2. The van der Waals surface area contributed by atoms with Gasteiger partial charge in [0.05, 0.1) is 18.2 Å². The van der Waals surface area contributed by atoms with E-state index in [1.165, 1.54) is 0 Å². The van der Waals surface area contributed by atoms with Crippen molar-refractivity contribution in [3.63, 3.8) is 0 Å². The number of para-hydroxylation sites is 1. The number of methoxy groups -OCH3 is 1. The van der Waals surface area contributed by atoms with Crippen molar-refractivity contribution < 1.29 is 31.1 Å². The molecular weight excluding hydrogens is 444 g/mol. The molecule has 8 heteroatoms. The quantitative estimate of drug-likeness (QED) is 0.406. The summed E-state index contributed by atoms with van der Waals surface area (Å²) < 4.78 is 85.2. The highest BCUT2D eigenvalue weighted by Crippen LogP contribution is 2.39. The van der Waals surface area contributed by atoms with Crippen LogP contribution in [0.5, 0.6) is 5.75 Å². The first kappa shape index (κ1) is 25.4. The van der Waals surface area contributed by atoms with E-state index < -0.39 is 23.5 Å². The van der Waals surface area contributed by atoms with Gasteiger partial charge in [-0.15, -0.1) is 0 Å². The molecule has 1 saturated heterocycles. The van der Waals surface area contributed by atoms with Crippen molar-refractivity contribution in [3.8, 4) is 5.75 Å². The van der Waals surface area contributed by atoms with Crippen LogP contribution in [0, 0.1) is 11.8 Å². The molecule has 0 aliphatic carbocycles. The van der Waals surface area contributed by atoms with Gasteiger partial charge < -0.3 is 4.74 Å². The molecule has 2 aromatic carbocycles. The average molecular weight is 474 g/mol. The van der Waals surface area contributed by atoms with E-state index in [1.54, 1.807) is 7.11 Å². The standard InChI is InChI=1S/C25H29F6NO/c1-16-10-17(2)15-32(14-16)22(21-6-4-5-7-23(21)33-3)9-8-18-11-19(24(26,27)28)13-20(12-18)25(29,30)31/h4-7,11-13,16-17,22H,8-10,14-15H2,1-3H3. The van der Waals surface area contributed by atoms with Crippen molar-refractivity contribution in [3.05, 3.63) is 64.7 Å². The number of rotatable bonds is 6. The molecule has 2 nitrogen and oxygen atoms in total. The van der Waals surface area contributed by atoms with E-state index in [0.29, 0.717) is 24.0 Å². The van der Waals surface area contributed by atoms with Gasteiger partial charge in [0.2, 0.25) is 0 Å². The minimum absolute atomic E-state index is 0.0233. The highest BCUT2D eigenvalue weighted by Gasteiger charge is 2.37. The maximum absolute atomic E-state index is 13.3. The van der Waals surface area contributed by atoms with Gasteiger partial charge in [0.15, 0.2) is 0 Å². The van der Waals surface area contributed by atoms with Crippen molar-refractivity contribution in [1.82, 2.24) is 4.90 Å². The van der Waals surface area contributed by atoms with Crippen molar-refractivity contribution in [1.29, 1.82) is 0 Å². The van der Waals surface area contributed by atoms with Crippen LogP contribution in [0.15, 0.2) is 42.5 Å². The van der Waals surface area contributed by atoms with Crippen molar-refractivity contribution in [2.75, 3.05) is 20.2 Å². The Morgan fingerprint density at radius 2 is 1.45 bits per heavy atom. The van der Waals surface area contributed by atoms with Gasteiger partial charge in [0, 0.05) is 24.7 Å². The van der Waals surface area contributed by atoms with Crippen LogP contribution in [-0.2, 0) is 18.8 Å². The second-order valence-electron chi connectivity index (χ2n) is 9.11. The van der Waals surface area contributed by atoms with Gasteiger partial charge in [0.25, 0.3) is 0 Å². The zero-order valence-corrected chi connectivity index (χ0v) is 18.9. The third kappa shape index (κ3) is 6.43. The summed E-state index contributed by atoms with van der Waals surface area (Å²) in [5.74, 6) is 1.54. The summed E-state index contributed by atoms with van der Waals surface area (Å²) in [5.41, 5.74) is -1.64. The normalized spacial score (nSPS) is 21.1. The van der Waals surface area contributed by atoms with Gasteiger partial charge >= 0.3 is 12.4 Å². The van der Waals surface area contributed by atoms with E-state index in [-0.39, 0.29) is 24.1 Å². The first-order chi connectivity index (χ1) is 15.4. The Morgan fingerprint density at radius 1 is 0.909 bits per heavy atom. The molecule has 33 heavy (non-hydrogen) atoms. The predicted molar refractivity (Wildman–Crippen MR) is 115 cm³/mol. The van der Waals surface area contributed by atoms with Gasteiger partial charge in [-0.2, -0.15) is 26.3 Å². The Hall–Kier alpha value is -2.22.